The monoisotopic (exact) mass is 340 g/mol. The molecule has 5 heteroatoms. The Bertz CT molecular complexity index is 643. The van der Waals surface area contributed by atoms with Crippen molar-refractivity contribution in [2.75, 3.05) is 13.1 Å². The third kappa shape index (κ3) is 4.16. The van der Waals surface area contributed by atoms with Gasteiger partial charge in [-0.3, -0.25) is 19.3 Å². The van der Waals surface area contributed by atoms with E-state index < -0.39 is 0 Å². The molecule has 0 aromatic heterocycles. The van der Waals surface area contributed by atoms with Crippen LogP contribution in [0.4, 0.5) is 0 Å². The molecule has 0 unspecified atom stereocenters. The fourth-order valence-electron chi connectivity index (χ4n) is 3.56. The van der Waals surface area contributed by atoms with E-state index in [1.807, 2.05) is 30.4 Å². The average molecular weight is 340 g/mol. The summed E-state index contributed by atoms with van der Waals surface area (Å²) in [6.07, 6.45) is 7.17. The number of allylic oxidation sites excluding steroid dienone is 2. The Morgan fingerprint density at radius 3 is 2.32 bits per heavy atom. The Morgan fingerprint density at radius 1 is 1.04 bits per heavy atom. The van der Waals surface area contributed by atoms with Gasteiger partial charge in [0.05, 0.1) is 11.8 Å². The maximum absolute atomic E-state index is 12.3. The van der Waals surface area contributed by atoms with Crippen LogP contribution >= 0.6 is 0 Å². The lowest BCUT2D eigenvalue weighted by Gasteiger charge is -2.14. The van der Waals surface area contributed by atoms with Crippen LogP contribution in [0.5, 0.6) is 0 Å². The fraction of sp³-hybridized carbons (Fsp3) is 0.450. The second-order valence-corrected chi connectivity index (χ2v) is 6.67. The number of hydrogen-bond donors (Lipinski definition) is 1. The van der Waals surface area contributed by atoms with Crippen molar-refractivity contribution in [3.05, 3.63) is 48.0 Å². The van der Waals surface area contributed by atoms with Gasteiger partial charge in [0.15, 0.2) is 0 Å². The predicted molar refractivity (Wildman–Crippen MR) is 94.5 cm³/mol. The van der Waals surface area contributed by atoms with Crippen molar-refractivity contribution in [3.8, 4) is 0 Å². The van der Waals surface area contributed by atoms with E-state index >= 15 is 0 Å². The molecule has 0 radical (unpaired) electrons. The van der Waals surface area contributed by atoms with Crippen molar-refractivity contribution in [2.24, 2.45) is 11.8 Å². The molecule has 1 N–H and O–H groups in total. The first kappa shape index (κ1) is 17.4. The Balaban J connectivity index is 1.37. The Hall–Kier alpha value is -2.43. The number of carbonyl (C=O) groups excluding carboxylic acids is 3. The average Bonchev–Trinajstić information content (AvgIpc) is 2.89. The zero-order chi connectivity index (χ0) is 17.6. The lowest BCUT2D eigenvalue weighted by atomic mass is 9.85. The highest BCUT2D eigenvalue weighted by atomic mass is 16.2. The summed E-state index contributed by atoms with van der Waals surface area (Å²) in [4.78, 5) is 37.9. The van der Waals surface area contributed by atoms with Crippen LogP contribution in [-0.2, 0) is 20.8 Å². The molecule has 5 nitrogen and oxygen atoms in total. The van der Waals surface area contributed by atoms with Crippen molar-refractivity contribution in [2.45, 2.75) is 32.1 Å². The van der Waals surface area contributed by atoms with Gasteiger partial charge in [-0.15, -0.1) is 0 Å². The highest BCUT2D eigenvalue weighted by Crippen LogP contribution is 2.34. The molecule has 1 heterocycles. The van der Waals surface area contributed by atoms with Crippen LogP contribution in [0.15, 0.2) is 42.5 Å². The van der Waals surface area contributed by atoms with Gasteiger partial charge in [-0.05, 0) is 31.2 Å². The summed E-state index contributed by atoms with van der Waals surface area (Å²) in [6, 6.07) is 10.1. The lowest BCUT2D eigenvalue weighted by Crippen LogP contribution is -2.35. The molecular weight excluding hydrogens is 316 g/mol. The van der Waals surface area contributed by atoms with Crippen molar-refractivity contribution >= 4 is 17.7 Å². The molecule has 2 atom stereocenters. The summed E-state index contributed by atoms with van der Waals surface area (Å²) in [6.45, 7) is 0.792. The van der Waals surface area contributed by atoms with Crippen LogP contribution in [0.3, 0.4) is 0 Å². The zero-order valence-corrected chi connectivity index (χ0v) is 14.3. The molecule has 0 bridgehead atoms. The summed E-state index contributed by atoms with van der Waals surface area (Å²) in [5, 5.41) is 2.87. The van der Waals surface area contributed by atoms with E-state index in [0.717, 1.165) is 12.8 Å². The number of hydrogen-bond acceptors (Lipinski definition) is 3. The molecule has 132 valence electrons. The highest BCUT2D eigenvalue weighted by molar-refractivity contribution is 6.05. The normalized spacial score (nSPS) is 22.2. The van der Waals surface area contributed by atoms with Gasteiger partial charge in [-0.25, -0.2) is 0 Å². The molecule has 0 saturated carbocycles. The molecule has 2 aliphatic rings. The number of rotatable bonds is 7. The molecule has 0 spiro atoms. The third-order valence-corrected chi connectivity index (χ3v) is 4.97. The Morgan fingerprint density at radius 2 is 1.68 bits per heavy atom. The molecule has 1 aliphatic heterocycles. The second kappa shape index (κ2) is 8.10. The highest BCUT2D eigenvalue weighted by Gasteiger charge is 2.46. The van der Waals surface area contributed by atoms with Crippen molar-refractivity contribution in [1.82, 2.24) is 10.2 Å². The van der Waals surface area contributed by atoms with Gasteiger partial charge in [-0.1, -0.05) is 42.5 Å². The van der Waals surface area contributed by atoms with Crippen LogP contribution in [0.25, 0.3) is 0 Å². The first-order valence-corrected chi connectivity index (χ1v) is 8.97. The van der Waals surface area contributed by atoms with Gasteiger partial charge in [0.1, 0.15) is 0 Å². The summed E-state index contributed by atoms with van der Waals surface area (Å²) >= 11 is 0. The minimum atomic E-state index is -0.216. The van der Waals surface area contributed by atoms with Gasteiger partial charge >= 0.3 is 0 Å². The largest absolute Gasteiger partial charge is 0.356 e. The fourth-order valence-corrected chi connectivity index (χ4v) is 3.56. The number of benzene rings is 1. The van der Waals surface area contributed by atoms with Gasteiger partial charge in [0.2, 0.25) is 17.7 Å². The number of nitrogens with zero attached hydrogens (tertiary/aromatic N) is 1. The topological polar surface area (TPSA) is 66.5 Å². The van der Waals surface area contributed by atoms with Crippen LogP contribution in [0.2, 0.25) is 0 Å². The zero-order valence-electron chi connectivity index (χ0n) is 14.3. The van der Waals surface area contributed by atoms with Crippen molar-refractivity contribution < 1.29 is 14.4 Å². The van der Waals surface area contributed by atoms with E-state index in [9.17, 15) is 14.4 Å². The van der Waals surface area contributed by atoms with Gasteiger partial charge in [0.25, 0.3) is 0 Å². The number of fused-ring (bicyclic) bond motifs is 1. The second-order valence-electron chi connectivity index (χ2n) is 6.67. The smallest absolute Gasteiger partial charge is 0.233 e. The van der Waals surface area contributed by atoms with E-state index in [2.05, 4.69) is 17.4 Å². The number of likely N-dealkylation sites (tertiary alicyclic amines) is 1. The molecule has 1 fully saturated rings. The van der Waals surface area contributed by atoms with Gasteiger partial charge < -0.3 is 5.32 Å². The Labute approximate surface area is 148 Å². The molecule has 1 aromatic rings. The predicted octanol–water partition coefficient (Wildman–Crippen LogP) is 2.08. The molecular formula is C20H24N2O3. The molecule has 3 rings (SSSR count). The van der Waals surface area contributed by atoms with E-state index in [-0.39, 0.29) is 42.5 Å². The van der Waals surface area contributed by atoms with Crippen molar-refractivity contribution in [3.63, 3.8) is 0 Å². The molecule has 1 aromatic carbocycles. The van der Waals surface area contributed by atoms with Crippen LogP contribution in [0.1, 0.15) is 31.2 Å². The minimum Gasteiger partial charge on any atom is -0.356 e. The number of amides is 3. The maximum atomic E-state index is 12.3. The van der Waals surface area contributed by atoms with E-state index in [1.54, 1.807) is 0 Å². The quantitative estimate of drug-likeness (QED) is 0.469. The summed E-state index contributed by atoms with van der Waals surface area (Å²) < 4.78 is 0. The molecule has 3 amide bonds. The van der Waals surface area contributed by atoms with E-state index in [4.69, 9.17) is 0 Å². The van der Waals surface area contributed by atoms with Gasteiger partial charge in [-0.2, -0.15) is 0 Å². The number of nitrogens with one attached hydrogen (secondary N) is 1. The number of aryl methyl sites for hydroxylation is 1. The van der Waals surface area contributed by atoms with Crippen LogP contribution < -0.4 is 5.32 Å². The molecule has 25 heavy (non-hydrogen) atoms. The summed E-state index contributed by atoms with van der Waals surface area (Å²) in [5.74, 6) is -0.771. The van der Waals surface area contributed by atoms with Gasteiger partial charge in [0, 0.05) is 19.5 Å². The van der Waals surface area contributed by atoms with Crippen molar-refractivity contribution in [1.29, 1.82) is 0 Å². The summed E-state index contributed by atoms with van der Waals surface area (Å²) in [7, 11) is 0. The minimum absolute atomic E-state index is 0.110. The Kier molecular flexibility index (Phi) is 5.64. The SMILES string of the molecule is O=C(CCN1C(=O)[C@H]2CC=CC[C@H]2C1=O)NCCCc1ccccc1. The summed E-state index contributed by atoms with van der Waals surface area (Å²) in [5.41, 5.74) is 1.25. The first-order valence-electron chi connectivity index (χ1n) is 8.97. The third-order valence-electron chi connectivity index (χ3n) is 4.97. The maximum Gasteiger partial charge on any atom is 0.233 e. The first-order chi connectivity index (χ1) is 12.2. The standard InChI is InChI=1S/C20H24N2O3/c23-18(21-13-6-9-15-7-2-1-3-8-15)12-14-22-19(24)16-10-4-5-11-17(16)20(22)25/h1-5,7-8,16-17H,6,9-14H2,(H,21,23)/t16-,17+. The van der Waals surface area contributed by atoms with E-state index in [0.29, 0.717) is 19.4 Å². The van der Waals surface area contributed by atoms with Crippen LogP contribution in [0, 0.1) is 11.8 Å². The lowest BCUT2D eigenvalue weighted by molar-refractivity contribution is -0.140. The molecule has 1 saturated heterocycles. The van der Waals surface area contributed by atoms with E-state index in [1.165, 1.54) is 10.5 Å². The number of carbonyl (C=O) groups is 3. The molecule has 1 aliphatic carbocycles. The van der Waals surface area contributed by atoms with Crippen LogP contribution in [-0.4, -0.2) is 35.7 Å². The number of imide groups is 1.